The lowest BCUT2D eigenvalue weighted by molar-refractivity contribution is -0.144. The number of primary amides is 1. The highest BCUT2D eigenvalue weighted by atomic mass is 16.2. The van der Waals surface area contributed by atoms with Crippen molar-refractivity contribution in [3.63, 3.8) is 0 Å². The number of nitrogens with zero attached hydrogens (tertiary/aromatic N) is 2. The van der Waals surface area contributed by atoms with Gasteiger partial charge in [-0.2, -0.15) is 0 Å². The van der Waals surface area contributed by atoms with Gasteiger partial charge in [0, 0.05) is 19.6 Å². The fourth-order valence-electron chi connectivity index (χ4n) is 3.53. The molecule has 0 bridgehead atoms. The van der Waals surface area contributed by atoms with Crippen molar-refractivity contribution in [2.75, 3.05) is 27.2 Å². The molecule has 4 atom stereocenters. The van der Waals surface area contributed by atoms with Crippen LogP contribution in [-0.2, 0) is 14.4 Å². The fourth-order valence-corrected chi connectivity index (χ4v) is 3.53. The molecule has 2 aliphatic heterocycles. The Labute approximate surface area is 152 Å². The van der Waals surface area contributed by atoms with Crippen LogP contribution < -0.4 is 21.7 Å². The predicted octanol–water partition coefficient (Wildman–Crippen LogP) is -2.03. The molecule has 10 nitrogen and oxygen atoms in total. The molecule has 5 amide bonds. The maximum atomic E-state index is 13.1. The molecule has 0 saturated carbocycles. The Hall–Kier alpha value is -2.36. The van der Waals surface area contributed by atoms with Crippen molar-refractivity contribution in [3.05, 3.63) is 0 Å². The first-order chi connectivity index (χ1) is 12.3. The summed E-state index contributed by atoms with van der Waals surface area (Å²) >= 11 is 0. The molecule has 0 spiro atoms. The monoisotopic (exact) mass is 368 g/mol. The van der Waals surface area contributed by atoms with Crippen molar-refractivity contribution in [1.29, 1.82) is 0 Å². The van der Waals surface area contributed by atoms with Crippen LogP contribution in [0.25, 0.3) is 0 Å². The van der Waals surface area contributed by atoms with Crippen LogP contribution in [0.15, 0.2) is 0 Å². The molecule has 26 heavy (non-hydrogen) atoms. The zero-order valence-corrected chi connectivity index (χ0v) is 15.4. The normalized spacial score (nSPS) is 27.2. The average molecular weight is 368 g/mol. The van der Waals surface area contributed by atoms with Crippen LogP contribution in [0.3, 0.4) is 0 Å². The van der Waals surface area contributed by atoms with Crippen LogP contribution in [0.2, 0.25) is 0 Å². The number of carbonyl (C=O) groups excluding carboxylic acids is 4. The number of carbonyl (C=O) groups is 4. The summed E-state index contributed by atoms with van der Waals surface area (Å²) < 4.78 is 0. The summed E-state index contributed by atoms with van der Waals surface area (Å²) in [7, 11) is 3.16. The summed E-state index contributed by atoms with van der Waals surface area (Å²) in [5, 5.41) is 8.07. The van der Waals surface area contributed by atoms with Gasteiger partial charge in [0.2, 0.25) is 17.7 Å². The number of nitrogens with two attached hydrogens (primary N) is 1. The smallest absolute Gasteiger partial charge is 0.317 e. The second-order valence-corrected chi connectivity index (χ2v) is 6.76. The Kier molecular flexibility index (Phi) is 6.41. The third-order valence-corrected chi connectivity index (χ3v) is 5.16. The molecule has 0 aliphatic carbocycles. The quantitative estimate of drug-likeness (QED) is 0.453. The first-order valence-corrected chi connectivity index (χ1v) is 8.85. The minimum Gasteiger partial charge on any atom is -0.368 e. The van der Waals surface area contributed by atoms with E-state index in [0.29, 0.717) is 25.8 Å². The highest BCUT2D eigenvalue weighted by Crippen LogP contribution is 2.29. The van der Waals surface area contributed by atoms with E-state index in [4.69, 9.17) is 5.73 Å². The molecular weight excluding hydrogens is 340 g/mol. The van der Waals surface area contributed by atoms with Crippen molar-refractivity contribution in [3.8, 4) is 0 Å². The summed E-state index contributed by atoms with van der Waals surface area (Å²) in [6.07, 6.45) is 1.71. The molecular formula is C16H28N6O4. The van der Waals surface area contributed by atoms with E-state index in [1.807, 2.05) is 0 Å². The molecule has 2 fully saturated rings. The number of fused-ring (bicyclic) bond motifs is 1. The largest absolute Gasteiger partial charge is 0.368 e. The fraction of sp³-hybridized carbons (Fsp3) is 0.750. The minimum atomic E-state index is -0.932. The highest BCUT2D eigenvalue weighted by Gasteiger charge is 2.44. The van der Waals surface area contributed by atoms with E-state index in [2.05, 4.69) is 16.0 Å². The van der Waals surface area contributed by atoms with Gasteiger partial charge in [0.15, 0.2) is 0 Å². The molecule has 146 valence electrons. The number of urea groups is 1. The third kappa shape index (κ3) is 4.06. The summed E-state index contributed by atoms with van der Waals surface area (Å²) in [6.45, 7) is 2.13. The summed E-state index contributed by atoms with van der Waals surface area (Å²) in [5.41, 5.74) is 5.47. The molecule has 0 aromatic carbocycles. The van der Waals surface area contributed by atoms with Crippen molar-refractivity contribution in [2.45, 2.75) is 50.4 Å². The number of hydrogen-bond donors (Lipinski definition) is 4. The average Bonchev–Trinajstić information content (AvgIpc) is 3.04. The van der Waals surface area contributed by atoms with E-state index >= 15 is 0 Å². The molecule has 1 unspecified atom stereocenters. The second-order valence-electron chi connectivity index (χ2n) is 6.76. The van der Waals surface area contributed by atoms with E-state index in [9.17, 15) is 19.2 Å². The Bertz CT molecular complexity index is 583. The molecule has 0 radical (unpaired) electrons. The van der Waals surface area contributed by atoms with Gasteiger partial charge in [-0.25, -0.2) is 4.79 Å². The topological polar surface area (TPSA) is 137 Å². The number of amides is 5. The number of hydrogen-bond acceptors (Lipinski definition) is 5. The van der Waals surface area contributed by atoms with Gasteiger partial charge in [-0.3, -0.25) is 14.4 Å². The van der Waals surface area contributed by atoms with Crippen molar-refractivity contribution in [1.82, 2.24) is 25.8 Å². The van der Waals surface area contributed by atoms with E-state index in [-0.39, 0.29) is 30.4 Å². The number of likely N-dealkylation sites (N-methyl/N-ethyl adjacent to an activating group) is 1. The minimum absolute atomic E-state index is 0.0371. The van der Waals surface area contributed by atoms with Crippen molar-refractivity contribution >= 4 is 23.8 Å². The van der Waals surface area contributed by atoms with Crippen LogP contribution in [0.5, 0.6) is 0 Å². The summed E-state index contributed by atoms with van der Waals surface area (Å²) in [5.74, 6) is -1.27. The van der Waals surface area contributed by atoms with Gasteiger partial charge in [0.1, 0.15) is 12.1 Å². The van der Waals surface area contributed by atoms with Gasteiger partial charge in [-0.15, -0.1) is 0 Å². The summed E-state index contributed by atoms with van der Waals surface area (Å²) in [4.78, 5) is 52.3. The highest BCUT2D eigenvalue weighted by molar-refractivity contribution is 5.94. The second kappa shape index (κ2) is 8.35. The van der Waals surface area contributed by atoms with E-state index in [0.717, 1.165) is 0 Å². The molecule has 10 heteroatoms. The first-order valence-electron chi connectivity index (χ1n) is 8.85. The molecule has 2 rings (SSSR count). The van der Waals surface area contributed by atoms with Crippen LogP contribution in [0, 0.1) is 0 Å². The van der Waals surface area contributed by atoms with Crippen LogP contribution >= 0.6 is 0 Å². The Balaban J connectivity index is 2.28. The zero-order valence-electron chi connectivity index (χ0n) is 15.4. The summed E-state index contributed by atoms with van der Waals surface area (Å²) in [6, 6.07) is -2.58. The van der Waals surface area contributed by atoms with Gasteiger partial charge in [0.25, 0.3) is 0 Å². The zero-order chi connectivity index (χ0) is 19.4. The molecule has 2 aliphatic rings. The van der Waals surface area contributed by atoms with Gasteiger partial charge < -0.3 is 31.5 Å². The molecule has 2 saturated heterocycles. The van der Waals surface area contributed by atoms with Crippen LogP contribution in [0.1, 0.15) is 26.2 Å². The number of rotatable bonds is 4. The van der Waals surface area contributed by atoms with Gasteiger partial charge in [-0.05, 0) is 33.2 Å². The van der Waals surface area contributed by atoms with Crippen molar-refractivity contribution in [2.24, 2.45) is 5.73 Å². The molecule has 5 N–H and O–H groups in total. The molecule has 2 heterocycles. The van der Waals surface area contributed by atoms with Crippen LogP contribution in [-0.4, -0.2) is 84.9 Å². The van der Waals surface area contributed by atoms with Gasteiger partial charge in [-0.1, -0.05) is 0 Å². The lowest BCUT2D eigenvalue weighted by Gasteiger charge is -2.38. The Morgan fingerprint density at radius 2 is 1.88 bits per heavy atom. The first kappa shape index (κ1) is 20.0. The lowest BCUT2D eigenvalue weighted by atomic mass is 10.1. The van der Waals surface area contributed by atoms with Crippen molar-refractivity contribution < 1.29 is 19.2 Å². The third-order valence-electron chi connectivity index (χ3n) is 5.16. The molecule has 0 aromatic heterocycles. The number of nitrogens with one attached hydrogen (secondary N) is 3. The van der Waals surface area contributed by atoms with Crippen LogP contribution in [0.4, 0.5) is 4.79 Å². The van der Waals surface area contributed by atoms with Gasteiger partial charge >= 0.3 is 6.03 Å². The van der Waals surface area contributed by atoms with Gasteiger partial charge in [0.05, 0.1) is 12.6 Å². The van der Waals surface area contributed by atoms with E-state index in [1.165, 1.54) is 16.8 Å². The molecule has 0 aromatic rings. The Morgan fingerprint density at radius 3 is 2.46 bits per heavy atom. The maximum absolute atomic E-state index is 13.1. The van der Waals surface area contributed by atoms with E-state index < -0.39 is 24.0 Å². The SMILES string of the molecule is CNC(=O)N1CC[C@H]2CC[C@@H](C(N)=O)N2C(=O)[C@@H](NC(=O)C(C)NC)C1. The lowest BCUT2D eigenvalue weighted by Crippen LogP contribution is -2.62. The standard InChI is InChI=1S/C16H28N6O4/c1-9(18-2)14(24)20-11-8-21(16(26)19-3)7-6-10-4-5-12(13(17)23)22(10)15(11)25/h9-12,18H,4-8H2,1-3H3,(H2,17,23)(H,19,26)(H,20,24)/t9?,10-,11+,12+/m1/s1. The van der Waals surface area contributed by atoms with E-state index in [1.54, 1.807) is 14.0 Å². The maximum Gasteiger partial charge on any atom is 0.317 e. The Morgan fingerprint density at radius 1 is 1.19 bits per heavy atom. The predicted molar refractivity (Wildman–Crippen MR) is 93.9 cm³/mol.